The van der Waals surface area contributed by atoms with Crippen molar-refractivity contribution in [2.45, 2.75) is 57.6 Å². The molecule has 1 saturated heterocycles. The summed E-state index contributed by atoms with van der Waals surface area (Å²) >= 11 is 0. The number of nitrogens with one attached hydrogen (secondary N) is 2. The van der Waals surface area contributed by atoms with Crippen LogP contribution in [0.5, 0.6) is 0 Å². The van der Waals surface area contributed by atoms with Crippen molar-refractivity contribution < 1.29 is 19.4 Å². The zero-order valence-corrected chi connectivity index (χ0v) is 11.7. The van der Waals surface area contributed by atoms with Gasteiger partial charge < -0.3 is 20.5 Å². The highest BCUT2D eigenvalue weighted by Crippen LogP contribution is 2.14. The van der Waals surface area contributed by atoms with Gasteiger partial charge in [-0.3, -0.25) is 4.79 Å². The second-order valence-electron chi connectivity index (χ2n) is 5.61. The second-order valence-corrected chi connectivity index (χ2v) is 5.61. The molecule has 6 nitrogen and oxygen atoms in total. The highest BCUT2D eigenvalue weighted by molar-refractivity contribution is 5.76. The monoisotopic (exact) mass is 272 g/mol. The van der Waals surface area contributed by atoms with Gasteiger partial charge in [-0.25, -0.2) is 4.79 Å². The number of urea groups is 1. The van der Waals surface area contributed by atoms with Crippen molar-refractivity contribution in [1.29, 1.82) is 0 Å². The van der Waals surface area contributed by atoms with Crippen molar-refractivity contribution in [2.24, 2.45) is 0 Å². The van der Waals surface area contributed by atoms with Crippen molar-refractivity contribution in [3.63, 3.8) is 0 Å². The number of rotatable bonds is 6. The van der Waals surface area contributed by atoms with Crippen LogP contribution in [0, 0.1) is 0 Å². The van der Waals surface area contributed by atoms with Gasteiger partial charge in [0.05, 0.1) is 12.5 Å². The fourth-order valence-corrected chi connectivity index (χ4v) is 2.16. The van der Waals surface area contributed by atoms with E-state index in [2.05, 4.69) is 10.6 Å². The third-order valence-electron chi connectivity index (χ3n) is 3.07. The van der Waals surface area contributed by atoms with Crippen LogP contribution in [0.15, 0.2) is 0 Å². The first kappa shape index (κ1) is 15.8. The normalized spacial score (nSPS) is 19.8. The number of hydrogen-bond acceptors (Lipinski definition) is 3. The minimum Gasteiger partial charge on any atom is -0.481 e. The van der Waals surface area contributed by atoms with Crippen LogP contribution in [-0.4, -0.2) is 41.9 Å². The Labute approximate surface area is 113 Å². The minimum absolute atomic E-state index is 0.105. The summed E-state index contributed by atoms with van der Waals surface area (Å²) in [5.41, 5.74) is -0.753. The van der Waals surface area contributed by atoms with Crippen molar-refractivity contribution in [3.05, 3.63) is 0 Å². The largest absolute Gasteiger partial charge is 0.481 e. The standard InChI is InChI=1S/C13H24N2O4/c1-13(2,9-11(16)17)15-12(18)14-7-6-10-5-3-4-8-19-10/h10H,3-9H2,1-2H3,(H,16,17)(H2,14,15,18). The highest BCUT2D eigenvalue weighted by atomic mass is 16.5. The Bertz CT molecular complexity index is 312. The van der Waals surface area contributed by atoms with Gasteiger partial charge in [0.15, 0.2) is 0 Å². The number of carbonyl (C=O) groups excluding carboxylic acids is 1. The van der Waals surface area contributed by atoms with Crippen LogP contribution in [0.4, 0.5) is 4.79 Å². The SMILES string of the molecule is CC(C)(CC(=O)O)NC(=O)NCCC1CCCCO1. The van der Waals surface area contributed by atoms with E-state index >= 15 is 0 Å². The number of hydrogen-bond donors (Lipinski definition) is 3. The Kier molecular flexibility index (Phi) is 6.08. The van der Waals surface area contributed by atoms with E-state index in [4.69, 9.17) is 9.84 Å². The molecule has 3 N–H and O–H groups in total. The Morgan fingerprint density at radius 2 is 2.11 bits per heavy atom. The molecule has 1 fully saturated rings. The molecule has 0 saturated carbocycles. The van der Waals surface area contributed by atoms with Crippen LogP contribution >= 0.6 is 0 Å². The lowest BCUT2D eigenvalue weighted by atomic mass is 10.0. The lowest BCUT2D eigenvalue weighted by molar-refractivity contribution is -0.138. The summed E-state index contributed by atoms with van der Waals surface area (Å²) < 4.78 is 5.56. The Morgan fingerprint density at radius 1 is 1.37 bits per heavy atom. The average Bonchev–Trinajstić information content (AvgIpc) is 2.27. The van der Waals surface area contributed by atoms with E-state index in [1.807, 2.05) is 0 Å². The Balaban J connectivity index is 2.18. The number of carboxylic acids is 1. The molecule has 1 rings (SSSR count). The number of aliphatic carboxylic acids is 1. The molecule has 0 aliphatic carbocycles. The molecule has 1 aliphatic heterocycles. The highest BCUT2D eigenvalue weighted by Gasteiger charge is 2.23. The van der Waals surface area contributed by atoms with Gasteiger partial charge >= 0.3 is 12.0 Å². The molecule has 1 heterocycles. The molecule has 1 aliphatic rings. The van der Waals surface area contributed by atoms with Crippen LogP contribution in [0.25, 0.3) is 0 Å². The average molecular weight is 272 g/mol. The fourth-order valence-electron chi connectivity index (χ4n) is 2.16. The summed E-state index contributed by atoms with van der Waals surface area (Å²) in [6.07, 6.45) is 4.28. The van der Waals surface area contributed by atoms with E-state index in [1.54, 1.807) is 13.8 Å². The first-order valence-corrected chi connectivity index (χ1v) is 6.78. The van der Waals surface area contributed by atoms with Gasteiger partial charge in [-0.15, -0.1) is 0 Å². The topological polar surface area (TPSA) is 87.7 Å². The molecular formula is C13H24N2O4. The molecule has 2 amide bonds. The molecule has 6 heteroatoms. The summed E-state index contributed by atoms with van der Waals surface area (Å²) in [6.45, 7) is 4.72. The molecule has 0 aromatic heterocycles. The van der Waals surface area contributed by atoms with Crippen LogP contribution in [0.3, 0.4) is 0 Å². The van der Waals surface area contributed by atoms with E-state index in [0.717, 1.165) is 25.9 Å². The van der Waals surface area contributed by atoms with E-state index in [0.29, 0.717) is 6.54 Å². The molecule has 0 aromatic rings. The van der Waals surface area contributed by atoms with Crippen LogP contribution in [0.2, 0.25) is 0 Å². The molecule has 0 radical (unpaired) electrons. The maximum absolute atomic E-state index is 11.6. The molecule has 19 heavy (non-hydrogen) atoms. The van der Waals surface area contributed by atoms with Gasteiger partial charge in [0.25, 0.3) is 0 Å². The van der Waals surface area contributed by atoms with E-state index < -0.39 is 11.5 Å². The zero-order chi connectivity index (χ0) is 14.3. The van der Waals surface area contributed by atoms with Gasteiger partial charge in [0, 0.05) is 18.7 Å². The molecule has 0 spiro atoms. The van der Waals surface area contributed by atoms with Crippen molar-refractivity contribution in [3.8, 4) is 0 Å². The van der Waals surface area contributed by atoms with E-state index in [1.165, 1.54) is 6.42 Å². The number of amides is 2. The molecule has 0 bridgehead atoms. The summed E-state index contributed by atoms with van der Waals surface area (Å²) in [7, 11) is 0. The number of ether oxygens (including phenoxy) is 1. The van der Waals surface area contributed by atoms with Gasteiger partial charge in [0.1, 0.15) is 0 Å². The van der Waals surface area contributed by atoms with Gasteiger partial charge in [0.2, 0.25) is 0 Å². The van der Waals surface area contributed by atoms with E-state index in [-0.39, 0.29) is 18.6 Å². The molecule has 1 atom stereocenters. The minimum atomic E-state index is -0.930. The summed E-state index contributed by atoms with van der Waals surface area (Å²) in [5, 5.41) is 14.1. The predicted molar refractivity (Wildman–Crippen MR) is 71.1 cm³/mol. The first-order valence-electron chi connectivity index (χ1n) is 6.78. The van der Waals surface area contributed by atoms with Crippen LogP contribution in [0.1, 0.15) is 46.0 Å². The lowest BCUT2D eigenvalue weighted by Gasteiger charge is -2.25. The predicted octanol–water partition coefficient (Wildman–Crippen LogP) is 1.50. The third kappa shape index (κ3) is 7.00. The maximum atomic E-state index is 11.6. The molecule has 110 valence electrons. The lowest BCUT2D eigenvalue weighted by Crippen LogP contribution is -2.49. The summed E-state index contributed by atoms with van der Waals surface area (Å²) in [6, 6.07) is -0.331. The summed E-state index contributed by atoms with van der Waals surface area (Å²) in [4.78, 5) is 22.3. The van der Waals surface area contributed by atoms with Crippen molar-refractivity contribution >= 4 is 12.0 Å². The number of carboxylic acid groups (broad SMARTS) is 1. The van der Waals surface area contributed by atoms with E-state index in [9.17, 15) is 9.59 Å². The Hall–Kier alpha value is -1.30. The third-order valence-corrected chi connectivity index (χ3v) is 3.07. The van der Waals surface area contributed by atoms with Crippen LogP contribution < -0.4 is 10.6 Å². The quantitative estimate of drug-likeness (QED) is 0.683. The van der Waals surface area contributed by atoms with Gasteiger partial charge in [-0.2, -0.15) is 0 Å². The zero-order valence-electron chi connectivity index (χ0n) is 11.7. The fraction of sp³-hybridized carbons (Fsp3) is 0.846. The molecule has 0 aromatic carbocycles. The number of carbonyl (C=O) groups is 2. The smallest absolute Gasteiger partial charge is 0.315 e. The van der Waals surface area contributed by atoms with Crippen molar-refractivity contribution in [1.82, 2.24) is 10.6 Å². The Morgan fingerprint density at radius 3 is 2.68 bits per heavy atom. The van der Waals surface area contributed by atoms with Gasteiger partial charge in [-0.05, 0) is 39.5 Å². The van der Waals surface area contributed by atoms with Crippen LogP contribution in [-0.2, 0) is 9.53 Å². The summed E-state index contributed by atoms with van der Waals surface area (Å²) in [5.74, 6) is -0.930. The maximum Gasteiger partial charge on any atom is 0.315 e. The molecular weight excluding hydrogens is 248 g/mol. The first-order chi connectivity index (χ1) is 8.89. The molecule has 1 unspecified atom stereocenters. The van der Waals surface area contributed by atoms with Gasteiger partial charge in [-0.1, -0.05) is 0 Å². The van der Waals surface area contributed by atoms with Crippen molar-refractivity contribution in [2.75, 3.05) is 13.2 Å². The second kappa shape index (κ2) is 7.33.